The number of aromatic nitrogens is 1. The highest BCUT2D eigenvalue weighted by Crippen LogP contribution is 2.04. The minimum atomic E-state index is -1.11. The van der Waals surface area contributed by atoms with Crippen LogP contribution in [0.4, 0.5) is 5.69 Å². The molecule has 0 radical (unpaired) electrons. The minimum absolute atomic E-state index is 0.0874. The summed E-state index contributed by atoms with van der Waals surface area (Å²) in [5, 5.41) is 22.9. The molecule has 1 rings (SSSR count). The summed E-state index contributed by atoms with van der Waals surface area (Å²) in [4.78, 5) is 26.7. The number of anilines is 1. The van der Waals surface area contributed by atoms with Gasteiger partial charge in [-0.05, 0) is 12.1 Å². The van der Waals surface area contributed by atoms with Gasteiger partial charge in [-0.15, -0.1) is 0 Å². The van der Waals surface area contributed by atoms with Crippen LogP contribution in [-0.4, -0.2) is 59.5 Å². The second-order valence-corrected chi connectivity index (χ2v) is 4.17. The van der Waals surface area contributed by atoms with Crippen LogP contribution in [0.1, 0.15) is 6.42 Å². The van der Waals surface area contributed by atoms with Crippen LogP contribution in [0, 0.1) is 0 Å². The number of hydrogen-bond acceptors (Lipinski definition) is 6. The molecule has 8 heteroatoms. The number of ether oxygens (including phenoxy) is 1. The van der Waals surface area contributed by atoms with Crippen LogP contribution >= 0.6 is 0 Å². The number of hydrogen-bond donors (Lipinski definition) is 4. The number of carboxylic acid groups (broad SMARTS) is 1. The SMILES string of the molecule is O=C(C[C@@H](NCCOCCO)C(=O)O)Nc1cccnc1. The molecule has 0 aliphatic carbocycles. The Kier molecular flexibility index (Phi) is 7.95. The number of aliphatic hydroxyl groups excluding tert-OH is 1. The minimum Gasteiger partial charge on any atom is -0.480 e. The molecule has 8 nitrogen and oxygen atoms in total. The van der Waals surface area contributed by atoms with E-state index in [-0.39, 0.29) is 32.8 Å². The van der Waals surface area contributed by atoms with Crippen LogP contribution in [0.5, 0.6) is 0 Å². The Balaban J connectivity index is 2.36. The normalized spacial score (nSPS) is 11.9. The Bertz CT molecular complexity index is 441. The van der Waals surface area contributed by atoms with Crippen molar-refractivity contribution in [2.45, 2.75) is 12.5 Å². The lowest BCUT2D eigenvalue weighted by molar-refractivity contribution is -0.141. The monoisotopic (exact) mass is 297 g/mol. The fourth-order valence-electron chi connectivity index (χ4n) is 1.55. The molecule has 0 saturated carbocycles. The molecule has 1 atom stereocenters. The average molecular weight is 297 g/mol. The molecule has 1 heterocycles. The number of aliphatic hydroxyl groups is 1. The first kappa shape index (κ1) is 17.0. The van der Waals surface area contributed by atoms with Gasteiger partial charge in [0.15, 0.2) is 0 Å². The van der Waals surface area contributed by atoms with Crippen LogP contribution in [0.25, 0.3) is 0 Å². The molecule has 0 aromatic carbocycles. The topological polar surface area (TPSA) is 121 Å². The summed E-state index contributed by atoms with van der Waals surface area (Å²) in [6.45, 7) is 0.641. The van der Waals surface area contributed by atoms with Gasteiger partial charge in [-0.2, -0.15) is 0 Å². The highest BCUT2D eigenvalue weighted by Gasteiger charge is 2.20. The third-order valence-electron chi connectivity index (χ3n) is 2.51. The molecule has 1 aromatic rings. The smallest absolute Gasteiger partial charge is 0.321 e. The molecule has 21 heavy (non-hydrogen) atoms. The first-order valence-electron chi connectivity index (χ1n) is 6.48. The molecule has 116 valence electrons. The van der Waals surface area contributed by atoms with Gasteiger partial charge in [0, 0.05) is 12.7 Å². The Hall–Kier alpha value is -2.03. The third-order valence-corrected chi connectivity index (χ3v) is 2.51. The van der Waals surface area contributed by atoms with Crippen molar-refractivity contribution in [3.05, 3.63) is 24.5 Å². The predicted molar refractivity (Wildman–Crippen MR) is 74.8 cm³/mol. The number of carbonyl (C=O) groups is 2. The van der Waals surface area contributed by atoms with E-state index in [2.05, 4.69) is 15.6 Å². The fraction of sp³-hybridized carbons (Fsp3) is 0.462. The third kappa shape index (κ3) is 7.35. The molecule has 0 aliphatic rings. The average Bonchev–Trinajstić information content (AvgIpc) is 2.46. The van der Waals surface area contributed by atoms with E-state index in [4.69, 9.17) is 14.9 Å². The van der Waals surface area contributed by atoms with E-state index in [9.17, 15) is 9.59 Å². The number of nitrogens with zero attached hydrogens (tertiary/aromatic N) is 1. The van der Waals surface area contributed by atoms with E-state index in [0.717, 1.165) is 0 Å². The van der Waals surface area contributed by atoms with Gasteiger partial charge in [0.25, 0.3) is 0 Å². The van der Waals surface area contributed by atoms with Crippen LogP contribution < -0.4 is 10.6 Å². The quantitative estimate of drug-likeness (QED) is 0.428. The van der Waals surface area contributed by atoms with Crippen molar-refractivity contribution in [3.8, 4) is 0 Å². The van der Waals surface area contributed by atoms with Gasteiger partial charge in [0.2, 0.25) is 5.91 Å². The Morgan fingerprint density at radius 2 is 2.19 bits per heavy atom. The zero-order chi connectivity index (χ0) is 15.5. The van der Waals surface area contributed by atoms with Crippen LogP contribution in [0.15, 0.2) is 24.5 Å². The van der Waals surface area contributed by atoms with E-state index in [1.807, 2.05) is 0 Å². The first-order chi connectivity index (χ1) is 10.1. The standard InChI is InChI=1S/C13H19N3O5/c17-5-7-21-6-4-15-11(13(19)20)8-12(18)16-10-2-1-3-14-9-10/h1-3,9,11,15,17H,4-8H2,(H,16,18)(H,19,20)/t11-/m1/s1. The van der Waals surface area contributed by atoms with Crippen molar-refractivity contribution in [2.75, 3.05) is 31.7 Å². The lowest BCUT2D eigenvalue weighted by atomic mass is 10.2. The lowest BCUT2D eigenvalue weighted by Gasteiger charge is -2.14. The molecular formula is C13H19N3O5. The Morgan fingerprint density at radius 3 is 2.81 bits per heavy atom. The maximum absolute atomic E-state index is 11.8. The van der Waals surface area contributed by atoms with Crippen LogP contribution in [0.2, 0.25) is 0 Å². The number of pyridine rings is 1. The summed E-state index contributed by atoms with van der Waals surface area (Å²) in [5.41, 5.74) is 0.512. The molecule has 1 aromatic heterocycles. The Morgan fingerprint density at radius 1 is 1.38 bits per heavy atom. The number of amides is 1. The van der Waals surface area contributed by atoms with Gasteiger partial charge in [-0.25, -0.2) is 0 Å². The number of aliphatic carboxylic acids is 1. The number of nitrogens with one attached hydrogen (secondary N) is 2. The van der Waals surface area contributed by atoms with E-state index in [0.29, 0.717) is 5.69 Å². The molecule has 0 aliphatic heterocycles. The lowest BCUT2D eigenvalue weighted by Crippen LogP contribution is -2.41. The summed E-state index contributed by atoms with van der Waals surface area (Å²) in [6, 6.07) is 2.33. The van der Waals surface area contributed by atoms with Crippen LogP contribution in [-0.2, 0) is 14.3 Å². The van der Waals surface area contributed by atoms with Crippen molar-refractivity contribution >= 4 is 17.6 Å². The zero-order valence-electron chi connectivity index (χ0n) is 11.5. The maximum Gasteiger partial charge on any atom is 0.321 e. The summed E-state index contributed by atoms with van der Waals surface area (Å²) in [7, 11) is 0. The van der Waals surface area contributed by atoms with Crippen molar-refractivity contribution in [1.29, 1.82) is 0 Å². The summed E-state index contributed by atoms with van der Waals surface area (Å²) in [5.74, 6) is -1.53. The summed E-state index contributed by atoms with van der Waals surface area (Å²) in [6.07, 6.45) is 2.84. The molecular weight excluding hydrogens is 278 g/mol. The molecule has 0 saturated heterocycles. The molecule has 0 spiro atoms. The zero-order valence-corrected chi connectivity index (χ0v) is 11.5. The summed E-state index contributed by atoms with van der Waals surface area (Å²) < 4.78 is 5.00. The van der Waals surface area contributed by atoms with Gasteiger partial charge >= 0.3 is 5.97 Å². The highest BCUT2D eigenvalue weighted by molar-refractivity contribution is 5.93. The molecule has 0 fully saturated rings. The maximum atomic E-state index is 11.8. The van der Waals surface area contributed by atoms with Gasteiger partial charge in [-0.3, -0.25) is 14.6 Å². The van der Waals surface area contributed by atoms with Crippen LogP contribution in [0.3, 0.4) is 0 Å². The van der Waals surface area contributed by atoms with Crippen molar-refractivity contribution in [1.82, 2.24) is 10.3 Å². The van der Waals surface area contributed by atoms with E-state index in [1.54, 1.807) is 18.3 Å². The van der Waals surface area contributed by atoms with E-state index < -0.39 is 17.9 Å². The fourth-order valence-corrected chi connectivity index (χ4v) is 1.55. The van der Waals surface area contributed by atoms with E-state index >= 15 is 0 Å². The highest BCUT2D eigenvalue weighted by atomic mass is 16.5. The van der Waals surface area contributed by atoms with Crippen molar-refractivity contribution in [3.63, 3.8) is 0 Å². The first-order valence-corrected chi connectivity index (χ1v) is 6.48. The predicted octanol–water partition coefficient (Wildman–Crippen LogP) is -0.538. The number of rotatable bonds is 10. The number of carboxylic acids is 1. The van der Waals surface area contributed by atoms with Crippen molar-refractivity contribution < 1.29 is 24.5 Å². The summed E-state index contributed by atoms with van der Waals surface area (Å²) >= 11 is 0. The van der Waals surface area contributed by atoms with Gasteiger partial charge in [-0.1, -0.05) is 0 Å². The van der Waals surface area contributed by atoms with Gasteiger partial charge < -0.3 is 25.6 Å². The Labute approximate surface area is 122 Å². The molecule has 4 N–H and O–H groups in total. The molecule has 0 unspecified atom stereocenters. The molecule has 1 amide bonds. The second kappa shape index (κ2) is 9.81. The van der Waals surface area contributed by atoms with Crippen molar-refractivity contribution in [2.24, 2.45) is 0 Å². The van der Waals surface area contributed by atoms with Gasteiger partial charge in [0.1, 0.15) is 6.04 Å². The number of carbonyl (C=O) groups excluding carboxylic acids is 1. The second-order valence-electron chi connectivity index (χ2n) is 4.17. The largest absolute Gasteiger partial charge is 0.480 e. The van der Waals surface area contributed by atoms with Gasteiger partial charge in [0.05, 0.1) is 38.1 Å². The van der Waals surface area contributed by atoms with E-state index in [1.165, 1.54) is 6.20 Å². The molecule has 0 bridgehead atoms.